The molecule has 5 heteroatoms. The molecule has 0 aliphatic heterocycles. The minimum atomic E-state index is 0.535. The topological polar surface area (TPSA) is 61.0 Å². The third kappa shape index (κ3) is 1.50. The van der Waals surface area contributed by atoms with E-state index in [1.807, 2.05) is 6.07 Å². The third-order valence-corrected chi connectivity index (χ3v) is 2.24. The van der Waals surface area contributed by atoms with Crippen LogP contribution in [0.3, 0.4) is 0 Å². The van der Waals surface area contributed by atoms with Crippen molar-refractivity contribution in [2.24, 2.45) is 0 Å². The number of nitrogens with two attached hydrogens (primary N) is 1. The molecule has 0 amide bonds. The molecule has 2 aromatic rings. The highest BCUT2D eigenvalue weighted by atomic mass is 79.9. The smallest absolute Gasteiger partial charge is 0.213 e. The first kappa shape index (κ1) is 9.21. The second kappa shape index (κ2) is 3.42. The molecule has 72 valence electrons. The maximum atomic E-state index is 5.79. The highest BCUT2D eigenvalue weighted by molar-refractivity contribution is 9.10. The highest BCUT2D eigenvalue weighted by Gasteiger charge is 2.04. The SMILES string of the molecule is COc1ccc2nc(Br)cc(N)c2n1. The van der Waals surface area contributed by atoms with Gasteiger partial charge in [-0.15, -0.1) is 0 Å². The van der Waals surface area contributed by atoms with Crippen molar-refractivity contribution in [2.75, 3.05) is 12.8 Å². The van der Waals surface area contributed by atoms with Gasteiger partial charge in [-0.05, 0) is 28.1 Å². The largest absolute Gasteiger partial charge is 0.481 e. The van der Waals surface area contributed by atoms with Gasteiger partial charge in [0.25, 0.3) is 0 Å². The molecular formula is C9H8BrN3O. The third-order valence-electron chi connectivity index (χ3n) is 1.83. The fraction of sp³-hybridized carbons (Fsp3) is 0.111. The predicted molar refractivity (Wildman–Crippen MR) is 58.2 cm³/mol. The molecule has 4 nitrogen and oxygen atoms in total. The molecule has 2 aromatic heterocycles. The Morgan fingerprint density at radius 1 is 1.36 bits per heavy atom. The average Bonchev–Trinajstić information content (AvgIpc) is 2.17. The molecule has 2 rings (SSSR count). The summed E-state index contributed by atoms with van der Waals surface area (Å²) in [6, 6.07) is 5.29. The van der Waals surface area contributed by atoms with E-state index in [0.29, 0.717) is 21.7 Å². The summed E-state index contributed by atoms with van der Waals surface area (Å²) in [5.74, 6) is 0.535. The minimum absolute atomic E-state index is 0.535. The lowest BCUT2D eigenvalue weighted by molar-refractivity contribution is 0.399. The van der Waals surface area contributed by atoms with E-state index in [1.54, 1.807) is 19.2 Å². The van der Waals surface area contributed by atoms with Crippen molar-refractivity contribution in [3.63, 3.8) is 0 Å². The van der Waals surface area contributed by atoms with Crippen LogP contribution in [0.1, 0.15) is 0 Å². The minimum Gasteiger partial charge on any atom is -0.481 e. The van der Waals surface area contributed by atoms with Crippen molar-refractivity contribution < 1.29 is 4.74 Å². The Bertz CT molecular complexity index is 487. The van der Waals surface area contributed by atoms with Gasteiger partial charge in [0.05, 0.1) is 18.3 Å². The van der Waals surface area contributed by atoms with Crippen LogP contribution in [0.15, 0.2) is 22.8 Å². The van der Waals surface area contributed by atoms with Crippen LogP contribution >= 0.6 is 15.9 Å². The van der Waals surface area contributed by atoms with Gasteiger partial charge in [0.15, 0.2) is 0 Å². The van der Waals surface area contributed by atoms with Crippen LogP contribution in [0.4, 0.5) is 5.69 Å². The van der Waals surface area contributed by atoms with E-state index in [-0.39, 0.29) is 0 Å². The van der Waals surface area contributed by atoms with Gasteiger partial charge < -0.3 is 10.5 Å². The Balaban J connectivity index is 2.75. The summed E-state index contributed by atoms with van der Waals surface area (Å²) in [7, 11) is 1.57. The van der Waals surface area contributed by atoms with Crippen LogP contribution in [0.25, 0.3) is 11.0 Å². The first-order chi connectivity index (χ1) is 6.70. The van der Waals surface area contributed by atoms with Gasteiger partial charge in [0.1, 0.15) is 10.1 Å². The highest BCUT2D eigenvalue weighted by Crippen LogP contribution is 2.23. The van der Waals surface area contributed by atoms with Crippen molar-refractivity contribution in [2.45, 2.75) is 0 Å². The molecule has 0 fully saturated rings. The molecule has 0 radical (unpaired) electrons. The van der Waals surface area contributed by atoms with Crippen LogP contribution in [-0.4, -0.2) is 17.1 Å². The number of aromatic nitrogens is 2. The average molecular weight is 254 g/mol. The molecule has 14 heavy (non-hydrogen) atoms. The van der Waals surface area contributed by atoms with Crippen LogP contribution in [0.2, 0.25) is 0 Å². The lowest BCUT2D eigenvalue weighted by Gasteiger charge is -2.03. The maximum absolute atomic E-state index is 5.79. The number of methoxy groups -OCH3 is 1. The van der Waals surface area contributed by atoms with Crippen LogP contribution in [-0.2, 0) is 0 Å². The summed E-state index contributed by atoms with van der Waals surface area (Å²) >= 11 is 3.27. The van der Waals surface area contributed by atoms with Gasteiger partial charge in [0, 0.05) is 6.07 Å². The van der Waals surface area contributed by atoms with E-state index in [2.05, 4.69) is 25.9 Å². The standard InChI is InChI=1S/C9H8BrN3O/c1-14-8-3-2-6-9(13-8)5(11)4-7(10)12-6/h2-4H,1H3,(H2,11,12). The number of pyridine rings is 2. The Hall–Kier alpha value is -1.36. The van der Waals surface area contributed by atoms with E-state index in [1.165, 1.54) is 0 Å². The molecule has 0 unspecified atom stereocenters. The molecule has 2 heterocycles. The summed E-state index contributed by atoms with van der Waals surface area (Å²) in [6.45, 7) is 0. The lowest BCUT2D eigenvalue weighted by Crippen LogP contribution is -1.94. The summed E-state index contributed by atoms with van der Waals surface area (Å²) < 4.78 is 5.70. The number of hydrogen-bond acceptors (Lipinski definition) is 4. The van der Waals surface area contributed by atoms with Gasteiger partial charge in [-0.2, -0.15) is 0 Å². The van der Waals surface area contributed by atoms with Crippen molar-refractivity contribution >= 4 is 32.7 Å². The second-order valence-electron chi connectivity index (χ2n) is 2.76. The molecule has 0 aliphatic carbocycles. The van der Waals surface area contributed by atoms with E-state index in [0.717, 1.165) is 5.52 Å². The number of hydrogen-bond donors (Lipinski definition) is 1. The molecule has 0 bridgehead atoms. The summed E-state index contributed by atoms with van der Waals surface area (Å²) in [6.07, 6.45) is 0. The van der Waals surface area contributed by atoms with E-state index >= 15 is 0 Å². The quantitative estimate of drug-likeness (QED) is 0.790. The zero-order chi connectivity index (χ0) is 10.1. The van der Waals surface area contributed by atoms with E-state index in [9.17, 15) is 0 Å². The second-order valence-corrected chi connectivity index (χ2v) is 3.57. The lowest BCUT2D eigenvalue weighted by atomic mass is 10.3. The van der Waals surface area contributed by atoms with Gasteiger partial charge >= 0.3 is 0 Å². The van der Waals surface area contributed by atoms with Crippen LogP contribution < -0.4 is 10.5 Å². The number of anilines is 1. The Labute approximate surface area is 89.2 Å². The van der Waals surface area contributed by atoms with Crippen LogP contribution in [0, 0.1) is 0 Å². The zero-order valence-corrected chi connectivity index (χ0v) is 9.08. The Morgan fingerprint density at radius 3 is 2.86 bits per heavy atom. The van der Waals surface area contributed by atoms with E-state index in [4.69, 9.17) is 10.5 Å². The normalized spacial score (nSPS) is 10.4. The Kier molecular flexibility index (Phi) is 2.25. The fourth-order valence-corrected chi connectivity index (χ4v) is 1.63. The van der Waals surface area contributed by atoms with Crippen LogP contribution in [0.5, 0.6) is 5.88 Å². The van der Waals surface area contributed by atoms with Crippen molar-refractivity contribution in [1.82, 2.24) is 9.97 Å². The maximum Gasteiger partial charge on any atom is 0.213 e. The van der Waals surface area contributed by atoms with Gasteiger partial charge in [-0.3, -0.25) is 0 Å². The van der Waals surface area contributed by atoms with Crippen molar-refractivity contribution in [1.29, 1.82) is 0 Å². The molecule has 0 spiro atoms. The zero-order valence-electron chi connectivity index (χ0n) is 7.49. The molecule has 0 aromatic carbocycles. The molecule has 0 atom stereocenters. The number of nitrogen functional groups attached to an aromatic ring is 1. The predicted octanol–water partition coefficient (Wildman–Crippen LogP) is 1.98. The van der Waals surface area contributed by atoms with Gasteiger partial charge in [0.2, 0.25) is 5.88 Å². The van der Waals surface area contributed by atoms with Crippen molar-refractivity contribution in [3.05, 3.63) is 22.8 Å². The monoisotopic (exact) mass is 253 g/mol. The summed E-state index contributed by atoms with van der Waals surface area (Å²) in [5.41, 5.74) is 7.78. The summed E-state index contributed by atoms with van der Waals surface area (Å²) in [4.78, 5) is 8.43. The number of rotatable bonds is 1. The number of ether oxygens (including phenoxy) is 1. The van der Waals surface area contributed by atoms with Crippen molar-refractivity contribution in [3.8, 4) is 5.88 Å². The Morgan fingerprint density at radius 2 is 2.14 bits per heavy atom. The van der Waals surface area contributed by atoms with Gasteiger partial charge in [-0.25, -0.2) is 9.97 Å². The molecule has 0 saturated heterocycles. The number of fused-ring (bicyclic) bond motifs is 1. The molecular weight excluding hydrogens is 246 g/mol. The van der Waals surface area contributed by atoms with E-state index < -0.39 is 0 Å². The summed E-state index contributed by atoms with van der Waals surface area (Å²) in [5, 5.41) is 0. The molecule has 2 N–H and O–H groups in total. The first-order valence-electron chi connectivity index (χ1n) is 3.97. The first-order valence-corrected chi connectivity index (χ1v) is 4.77. The molecule has 0 saturated carbocycles. The fourth-order valence-electron chi connectivity index (χ4n) is 1.19. The number of halogens is 1. The molecule has 0 aliphatic rings. The van der Waals surface area contributed by atoms with Gasteiger partial charge in [-0.1, -0.05) is 0 Å². The number of nitrogens with zero attached hydrogens (tertiary/aromatic N) is 2.